The van der Waals surface area contributed by atoms with E-state index in [1.807, 2.05) is 20.8 Å². The van der Waals surface area contributed by atoms with E-state index in [1.165, 1.54) is 6.07 Å². The van der Waals surface area contributed by atoms with Crippen molar-refractivity contribution in [2.75, 3.05) is 0 Å². The standard InChI is InChI=1S/C13H18N4O2/c1-7-5-9(18)8(6-15-7)12-16-11(17-19-12)10(14)13(2,3)4/h5-6,10H,14H2,1-4H3,(H,15,18). The van der Waals surface area contributed by atoms with Gasteiger partial charge in [-0.3, -0.25) is 4.79 Å². The van der Waals surface area contributed by atoms with Crippen LogP contribution in [0.3, 0.4) is 0 Å². The van der Waals surface area contributed by atoms with Gasteiger partial charge in [-0.2, -0.15) is 4.98 Å². The van der Waals surface area contributed by atoms with E-state index >= 15 is 0 Å². The SMILES string of the molecule is Cc1cc(=O)c(-c2nc(C(N)C(C)(C)C)no2)c[nH]1. The van der Waals surface area contributed by atoms with Gasteiger partial charge in [-0.05, 0) is 12.3 Å². The lowest BCUT2D eigenvalue weighted by Gasteiger charge is -2.23. The fourth-order valence-electron chi connectivity index (χ4n) is 1.60. The highest BCUT2D eigenvalue weighted by Gasteiger charge is 2.27. The van der Waals surface area contributed by atoms with E-state index in [9.17, 15) is 4.79 Å². The van der Waals surface area contributed by atoms with Crippen molar-refractivity contribution in [1.29, 1.82) is 0 Å². The highest BCUT2D eigenvalue weighted by Crippen LogP contribution is 2.29. The Morgan fingerprint density at radius 3 is 2.68 bits per heavy atom. The number of hydrogen-bond donors (Lipinski definition) is 2. The van der Waals surface area contributed by atoms with Crippen molar-refractivity contribution < 1.29 is 4.52 Å². The number of aromatic amines is 1. The lowest BCUT2D eigenvalue weighted by atomic mass is 9.87. The molecule has 6 nitrogen and oxygen atoms in total. The Kier molecular flexibility index (Phi) is 3.28. The summed E-state index contributed by atoms with van der Waals surface area (Å²) in [5, 5.41) is 3.86. The summed E-state index contributed by atoms with van der Waals surface area (Å²) in [5.74, 6) is 0.596. The van der Waals surface area contributed by atoms with Crippen molar-refractivity contribution >= 4 is 0 Å². The van der Waals surface area contributed by atoms with Gasteiger partial charge in [0.2, 0.25) is 0 Å². The van der Waals surface area contributed by atoms with Crippen molar-refractivity contribution in [3.05, 3.63) is 34.0 Å². The molecular formula is C13H18N4O2. The molecule has 0 fully saturated rings. The molecule has 2 heterocycles. The summed E-state index contributed by atoms with van der Waals surface area (Å²) in [4.78, 5) is 19.0. The minimum Gasteiger partial charge on any atom is -0.364 e. The van der Waals surface area contributed by atoms with Crippen molar-refractivity contribution in [3.63, 3.8) is 0 Å². The molecule has 2 aromatic heterocycles. The quantitative estimate of drug-likeness (QED) is 0.859. The van der Waals surface area contributed by atoms with Crippen LogP contribution < -0.4 is 11.2 Å². The Hall–Kier alpha value is -1.95. The van der Waals surface area contributed by atoms with Crippen LogP contribution in [0.5, 0.6) is 0 Å². The molecule has 0 bridgehead atoms. The van der Waals surface area contributed by atoms with Crippen LogP contribution in [0, 0.1) is 12.3 Å². The van der Waals surface area contributed by atoms with Crippen LogP contribution in [-0.2, 0) is 0 Å². The van der Waals surface area contributed by atoms with Crippen molar-refractivity contribution in [1.82, 2.24) is 15.1 Å². The van der Waals surface area contributed by atoms with Crippen molar-refractivity contribution in [2.45, 2.75) is 33.7 Å². The maximum Gasteiger partial charge on any atom is 0.263 e. The number of H-pyrrole nitrogens is 1. The summed E-state index contributed by atoms with van der Waals surface area (Å²) in [7, 11) is 0. The van der Waals surface area contributed by atoms with Gasteiger partial charge in [0.15, 0.2) is 11.3 Å². The molecule has 0 saturated heterocycles. The highest BCUT2D eigenvalue weighted by atomic mass is 16.5. The average molecular weight is 262 g/mol. The van der Waals surface area contributed by atoms with Gasteiger partial charge in [-0.25, -0.2) is 0 Å². The van der Waals surface area contributed by atoms with E-state index in [2.05, 4.69) is 15.1 Å². The first-order valence-corrected chi connectivity index (χ1v) is 6.08. The van der Waals surface area contributed by atoms with Crippen LogP contribution >= 0.6 is 0 Å². The van der Waals surface area contributed by atoms with Gasteiger partial charge >= 0.3 is 0 Å². The van der Waals surface area contributed by atoms with Crippen molar-refractivity contribution in [3.8, 4) is 11.5 Å². The molecule has 19 heavy (non-hydrogen) atoms. The van der Waals surface area contributed by atoms with E-state index in [0.717, 1.165) is 5.69 Å². The molecule has 0 aromatic carbocycles. The van der Waals surface area contributed by atoms with E-state index in [1.54, 1.807) is 13.1 Å². The van der Waals surface area contributed by atoms with E-state index in [-0.39, 0.29) is 22.8 Å². The van der Waals surface area contributed by atoms with Gasteiger partial charge in [0.25, 0.3) is 5.89 Å². The van der Waals surface area contributed by atoms with Crippen LogP contribution in [0.1, 0.15) is 38.3 Å². The van der Waals surface area contributed by atoms with Crippen molar-refractivity contribution in [2.24, 2.45) is 11.1 Å². The molecule has 2 rings (SSSR count). The molecule has 2 aromatic rings. The molecule has 6 heteroatoms. The summed E-state index contributed by atoms with van der Waals surface area (Å²) in [5.41, 5.74) is 6.85. The first-order valence-electron chi connectivity index (χ1n) is 6.08. The third-order valence-corrected chi connectivity index (χ3v) is 2.94. The fraction of sp³-hybridized carbons (Fsp3) is 0.462. The molecular weight excluding hydrogens is 244 g/mol. The number of nitrogens with zero attached hydrogens (tertiary/aromatic N) is 2. The number of aryl methyl sites for hydroxylation is 1. The maximum absolute atomic E-state index is 11.8. The lowest BCUT2D eigenvalue weighted by molar-refractivity contribution is 0.303. The Morgan fingerprint density at radius 2 is 2.11 bits per heavy atom. The Morgan fingerprint density at radius 1 is 1.42 bits per heavy atom. The normalized spacial score (nSPS) is 13.5. The number of pyridine rings is 1. The number of rotatable bonds is 2. The van der Waals surface area contributed by atoms with Gasteiger partial charge in [-0.15, -0.1) is 0 Å². The predicted octanol–water partition coefficient (Wildman–Crippen LogP) is 1.78. The molecule has 1 unspecified atom stereocenters. The number of aromatic nitrogens is 3. The summed E-state index contributed by atoms with van der Waals surface area (Å²) >= 11 is 0. The average Bonchev–Trinajstić information content (AvgIpc) is 2.75. The zero-order valence-electron chi connectivity index (χ0n) is 11.5. The Labute approximate surface area is 111 Å². The third kappa shape index (κ3) is 2.73. The second kappa shape index (κ2) is 4.62. The summed E-state index contributed by atoms with van der Waals surface area (Å²) in [6, 6.07) is 1.14. The van der Waals surface area contributed by atoms with E-state index in [4.69, 9.17) is 10.3 Å². The minimum atomic E-state index is -0.352. The highest BCUT2D eigenvalue weighted by molar-refractivity contribution is 5.50. The first-order chi connectivity index (χ1) is 8.79. The predicted molar refractivity (Wildman–Crippen MR) is 71.5 cm³/mol. The molecule has 102 valence electrons. The maximum atomic E-state index is 11.8. The molecule has 3 N–H and O–H groups in total. The van der Waals surface area contributed by atoms with E-state index in [0.29, 0.717) is 11.4 Å². The summed E-state index contributed by atoms with van der Waals surface area (Å²) in [6.07, 6.45) is 1.57. The van der Waals surface area contributed by atoms with Crippen LogP contribution in [0.15, 0.2) is 21.6 Å². The van der Waals surface area contributed by atoms with Crippen LogP contribution in [0.2, 0.25) is 0 Å². The smallest absolute Gasteiger partial charge is 0.263 e. The van der Waals surface area contributed by atoms with Gasteiger partial charge in [-0.1, -0.05) is 25.9 Å². The summed E-state index contributed by atoms with van der Waals surface area (Å²) in [6.45, 7) is 7.78. The number of hydrogen-bond acceptors (Lipinski definition) is 5. The van der Waals surface area contributed by atoms with Crippen LogP contribution in [0.4, 0.5) is 0 Å². The minimum absolute atomic E-state index is 0.157. The molecule has 0 spiro atoms. The summed E-state index contributed by atoms with van der Waals surface area (Å²) < 4.78 is 5.13. The molecule has 0 aliphatic carbocycles. The van der Waals surface area contributed by atoms with Crippen LogP contribution in [-0.4, -0.2) is 15.1 Å². The zero-order valence-corrected chi connectivity index (χ0v) is 11.5. The Balaban J connectivity index is 2.39. The van der Waals surface area contributed by atoms with Crippen LogP contribution in [0.25, 0.3) is 11.5 Å². The number of nitrogens with two attached hydrogens (primary N) is 1. The topological polar surface area (TPSA) is 97.8 Å². The third-order valence-electron chi connectivity index (χ3n) is 2.94. The van der Waals surface area contributed by atoms with Gasteiger partial charge in [0, 0.05) is 18.0 Å². The molecule has 0 amide bonds. The number of nitrogens with one attached hydrogen (secondary N) is 1. The van der Waals surface area contributed by atoms with E-state index < -0.39 is 0 Å². The van der Waals surface area contributed by atoms with Gasteiger partial charge in [0.1, 0.15) is 5.56 Å². The molecule has 0 aliphatic heterocycles. The first kappa shape index (κ1) is 13.5. The van der Waals surface area contributed by atoms with Gasteiger partial charge < -0.3 is 15.2 Å². The monoisotopic (exact) mass is 262 g/mol. The molecule has 1 atom stereocenters. The van der Waals surface area contributed by atoms with Gasteiger partial charge in [0.05, 0.1) is 6.04 Å². The lowest BCUT2D eigenvalue weighted by Crippen LogP contribution is -2.27. The molecule has 0 radical (unpaired) electrons. The molecule has 0 saturated carbocycles. The molecule has 0 aliphatic rings. The zero-order chi connectivity index (χ0) is 14.2. The largest absolute Gasteiger partial charge is 0.364 e. The fourth-order valence-corrected chi connectivity index (χ4v) is 1.60. The second-order valence-electron chi connectivity index (χ2n) is 5.70. The Bertz CT molecular complexity index is 637. The second-order valence-corrected chi connectivity index (χ2v) is 5.70.